The van der Waals surface area contributed by atoms with E-state index < -0.39 is 91.4 Å². The first kappa shape index (κ1) is 29.5. The fraction of sp³-hybridized carbons (Fsp3) is 0.474. The second-order valence-electron chi connectivity index (χ2n) is 7.54. The molecule has 4 unspecified atom stereocenters. The smallest absolute Gasteiger partial charge is 0.326 e. The number of hydrogen-bond acceptors (Lipinski definition) is 9. The summed E-state index contributed by atoms with van der Waals surface area (Å²) in [4.78, 5) is 88.3. The second-order valence-corrected chi connectivity index (χ2v) is 7.54. The summed E-state index contributed by atoms with van der Waals surface area (Å²) in [6.07, 6.45) is -0.574. The Morgan fingerprint density at radius 3 is 1.86 bits per heavy atom. The van der Waals surface area contributed by atoms with Gasteiger partial charge in [-0.15, -0.1) is 0 Å². The van der Waals surface area contributed by atoms with Gasteiger partial charge in [-0.3, -0.25) is 28.8 Å². The van der Waals surface area contributed by atoms with Gasteiger partial charge in [-0.1, -0.05) is 0 Å². The third-order valence-corrected chi connectivity index (χ3v) is 4.62. The summed E-state index contributed by atoms with van der Waals surface area (Å²) in [6.45, 7) is 0. The zero-order valence-electron chi connectivity index (χ0n) is 18.7. The monoisotopic (exact) mass is 514 g/mol. The molecule has 1 aromatic heterocycles. The lowest BCUT2D eigenvalue weighted by Crippen LogP contribution is -2.57. The molecular weight excluding hydrogens is 488 g/mol. The van der Waals surface area contributed by atoms with Crippen molar-refractivity contribution in [3.8, 4) is 0 Å². The molecule has 0 spiro atoms. The minimum absolute atomic E-state index is 0.242. The van der Waals surface area contributed by atoms with Crippen molar-refractivity contribution in [1.82, 2.24) is 25.9 Å². The number of imidazole rings is 1. The highest BCUT2D eigenvalue weighted by atomic mass is 16.4. The Balaban J connectivity index is 3.02. The van der Waals surface area contributed by atoms with E-state index in [0.29, 0.717) is 5.69 Å². The van der Waals surface area contributed by atoms with Gasteiger partial charge in [-0.2, -0.15) is 0 Å². The molecule has 0 aliphatic heterocycles. The third kappa shape index (κ3) is 10.6. The molecule has 0 aliphatic carbocycles. The Morgan fingerprint density at radius 1 is 0.806 bits per heavy atom. The molecule has 0 radical (unpaired) electrons. The van der Waals surface area contributed by atoms with Gasteiger partial charge in [0.2, 0.25) is 17.7 Å². The topological polar surface area (TPSA) is 291 Å². The Morgan fingerprint density at radius 2 is 1.36 bits per heavy atom. The van der Waals surface area contributed by atoms with E-state index in [-0.39, 0.29) is 6.42 Å². The van der Waals surface area contributed by atoms with Crippen LogP contribution >= 0.6 is 0 Å². The van der Waals surface area contributed by atoms with Gasteiger partial charge in [0.25, 0.3) is 0 Å². The van der Waals surface area contributed by atoms with Gasteiger partial charge >= 0.3 is 23.9 Å². The van der Waals surface area contributed by atoms with E-state index in [1.165, 1.54) is 12.5 Å². The number of aromatic amines is 1. The molecule has 0 bridgehead atoms. The van der Waals surface area contributed by atoms with Crippen LogP contribution in [-0.2, 0) is 40.0 Å². The molecule has 198 valence electrons. The van der Waals surface area contributed by atoms with Crippen LogP contribution in [0.25, 0.3) is 0 Å². The van der Waals surface area contributed by atoms with Gasteiger partial charge in [0.05, 0.1) is 25.2 Å². The number of carbonyl (C=O) groups excluding carboxylic acids is 3. The highest BCUT2D eigenvalue weighted by Gasteiger charge is 2.32. The highest BCUT2D eigenvalue weighted by molar-refractivity contribution is 5.96. The average Bonchev–Trinajstić information content (AvgIpc) is 3.27. The number of rotatable bonds is 16. The summed E-state index contributed by atoms with van der Waals surface area (Å²) >= 11 is 0. The highest BCUT2D eigenvalue weighted by Crippen LogP contribution is 2.05. The van der Waals surface area contributed by atoms with E-state index in [4.69, 9.17) is 21.1 Å². The number of carboxylic acid groups (broad SMARTS) is 4. The van der Waals surface area contributed by atoms with Crippen LogP contribution in [0, 0.1) is 0 Å². The van der Waals surface area contributed by atoms with Crippen LogP contribution in [0.1, 0.15) is 31.4 Å². The van der Waals surface area contributed by atoms with Crippen molar-refractivity contribution in [3.63, 3.8) is 0 Å². The molecule has 0 saturated carbocycles. The van der Waals surface area contributed by atoms with Gasteiger partial charge in [0, 0.05) is 24.7 Å². The van der Waals surface area contributed by atoms with E-state index in [0.717, 1.165) is 0 Å². The zero-order chi connectivity index (χ0) is 27.4. The first-order valence-electron chi connectivity index (χ1n) is 10.3. The van der Waals surface area contributed by atoms with Gasteiger partial charge in [0.1, 0.15) is 18.1 Å². The van der Waals surface area contributed by atoms with Crippen molar-refractivity contribution in [1.29, 1.82) is 0 Å². The summed E-state index contributed by atoms with van der Waals surface area (Å²) in [6, 6.07) is -6.55. The van der Waals surface area contributed by atoms with Crippen LogP contribution in [0.2, 0.25) is 0 Å². The van der Waals surface area contributed by atoms with E-state index in [9.17, 15) is 38.7 Å². The summed E-state index contributed by atoms with van der Waals surface area (Å²) in [5, 5.41) is 42.4. The fourth-order valence-electron chi connectivity index (χ4n) is 2.84. The number of hydrogen-bond donors (Lipinski definition) is 9. The van der Waals surface area contributed by atoms with E-state index in [1.807, 2.05) is 0 Å². The first-order valence-corrected chi connectivity index (χ1v) is 10.3. The van der Waals surface area contributed by atoms with Crippen molar-refractivity contribution in [2.45, 2.75) is 56.3 Å². The molecule has 0 fully saturated rings. The minimum atomic E-state index is -1.81. The van der Waals surface area contributed by atoms with Crippen LogP contribution in [0.3, 0.4) is 0 Å². The quantitative estimate of drug-likeness (QED) is 0.104. The van der Waals surface area contributed by atoms with Gasteiger partial charge < -0.3 is 47.1 Å². The van der Waals surface area contributed by atoms with Crippen LogP contribution < -0.4 is 21.7 Å². The predicted molar refractivity (Wildman–Crippen MR) is 115 cm³/mol. The summed E-state index contributed by atoms with van der Waals surface area (Å²) < 4.78 is 0. The first-order chi connectivity index (χ1) is 16.8. The number of nitrogens with one attached hydrogen (secondary N) is 4. The summed E-state index contributed by atoms with van der Waals surface area (Å²) in [5.41, 5.74) is 5.77. The molecule has 3 amide bonds. The van der Waals surface area contributed by atoms with Crippen molar-refractivity contribution < 1.29 is 54.0 Å². The lowest BCUT2D eigenvalue weighted by atomic mass is 10.1. The SMILES string of the molecule is NC(CC(=O)O)C(=O)NC(CCC(=O)O)C(=O)NC(CC(=O)O)C(=O)NC(Cc1cnc[nH]1)C(=O)O. The maximum atomic E-state index is 12.7. The fourth-order valence-corrected chi connectivity index (χ4v) is 2.84. The second kappa shape index (κ2) is 14.0. The summed E-state index contributed by atoms with van der Waals surface area (Å²) in [5.74, 6) is -9.21. The standard InChI is InChI=1S/C19H26N6O11/c20-9(4-14(28)29)16(32)23-10(1-2-13(26)27)17(33)24-11(5-15(30)31)18(34)25-12(19(35)36)3-8-6-21-7-22-8/h6-7,9-12H,1-5,20H2,(H,21,22)(H,23,32)(H,24,33)(H,25,34)(H,26,27)(H,28,29)(H,30,31)(H,35,36). The Hall–Kier alpha value is -4.54. The largest absolute Gasteiger partial charge is 0.481 e. The van der Waals surface area contributed by atoms with Crippen molar-refractivity contribution in [2.24, 2.45) is 5.73 Å². The normalized spacial score (nSPS) is 13.9. The minimum Gasteiger partial charge on any atom is -0.481 e. The van der Waals surface area contributed by atoms with E-state index in [1.54, 1.807) is 0 Å². The maximum absolute atomic E-state index is 12.7. The maximum Gasteiger partial charge on any atom is 0.326 e. The Bertz CT molecular complexity index is 981. The molecule has 0 saturated heterocycles. The third-order valence-electron chi connectivity index (χ3n) is 4.62. The molecule has 1 heterocycles. The number of carbonyl (C=O) groups is 7. The van der Waals surface area contributed by atoms with Crippen LogP contribution in [-0.4, -0.2) is 96.2 Å². The number of H-pyrrole nitrogens is 1. The molecule has 17 nitrogen and oxygen atoms in total. The average molecular weight is 514 g/mol. The number of carboxylic acids is 4. The molecule has 0 aliphatic rings. The van der Waals surface area contributed by atoms with Gasteiger partial charge in [-0.05, 0) is 6.42 Å². The van der Waals surface area contributed by atoms with Gasteiger partial charge in [-0.25, -0.2) is 9.78 Å². The number of amides is 3. The van der Waals surface area contributed by atoms with Crippen molar-refractivity contribution in [3.05, 3.63) is 18.2 Å². The predicted octanol–water partition coefficient (Wildman–Crippen LogP) is -3.37. The van der Waals surface area contributed by atoms with Crippen LogP contribution in [0.15, 0.2) is 12.5 Å². The molecule has 1 rings (SSSR count). The molecule has 10 N–H and O–H groups in total. The van der Waals surface area contributed by atoms with Crippen molar-refractivity contribution in [2.75, 3.05) is 0 Å². The van der Waals surface area contributed by atoms with Gasteiger partial charge in [0.15, 0.2) is 0 Å². The van der Waals surface area contributed by atoms with Crippen LogP contribution in [0.4, 0.5) is 0 Å². The molecule has 17 heteroatoms. The summed E-state index contributed by atoms with van der Waals surface area (Å²) in [7, 11) is 0. The molecule has 4 atom stereocenters. The Kier molecular flexibility index (Phi) is 11.5. The number of aliphatic carboxylic acids is 4. The van der Waals surface area contributed by atoms with Crippen molar-refractivity contribution >= 4 is 41.6 Å². The molecule has 1 aromatic rings. The lowest BCUT2D eigenvalue weighted by Gasteiger charge is -2.24. The Labute approximate surface area is 202 Å². The number of nitrogens with two attached hydrogens (primary N) is 1. The van der Waals surface area contributed by atoms with E-state index >= 15 is 0 Å². The molecular formula is C19H26N6O11. The molecule has 0 aromatic carbocycles. The zero-order valence-corrected chi connectivity index (χ0v) is 18.7. The lowest BCUT2D eigenvalue weighted by molar-refractivity contribution is -0.143. The number of aromatic nitrogens is 2. The van der Waals surface area contributed by atoms with E-state index in [2.05, 4.69) is 25.9 Å². The number of nitrogens with zero attached hydrogens (tertiary/aromatic N) is 1. The van der Waals surface area contributed by atoms with Crippen LogP contribution in [0.5, 0.6) is 0 Å². The molecule has 36 heavy (non-hydrogen) atoms.